The summed E-state index contributed by atoms with van der Waals surface area (Å²) in [5.74, 6) is -0.794. The third-order valence-corrected chi connectivity index (χ3v) is 9.12. The highest BCUT2D eigenvalue weighted by Gasteiger charge is 2.27. The Kier molecular flexibility index (Phi) is 29.4. The average molecular weight is 679 g/mol. The first-order chi connectivity index (χ1) is 22.0. The van der Waals surface area contributed by atoms with Gasteiger partial charge in [-0.1, -0.05) is 142 Å². The molecule has 0 aliphatic rings. The SMILES string of the molecule is CCCCCCCCCCCCCCCC(=O)OC[C@H](COP(=O)(O)OCC[N+](C)(C)C)OC(=O)CCCCCCCCCCC. The molecule has 0 spiro atoms. The molecule has 0 rings (SSSR count). The van der Waals surface area contributed by atoms with E-state index in [4.69, 9.17) is 18.5 Å². The molecule has 0 heterocycles. The Balaban J connectivity index is 4.40. The average Bonchev–Trinajstić information content (AvgIpc) is 2.99. The molecule has 0 radical (unpaired) electrons. The van der Waals surface area contributed by atoms with Gasteiger partial charge in [0.1, 0.15) is 19.8 Å². The number of phosphoric ester groups is 1. The van der Waals surface area contributed by atoms with Crippen LogP contribution in [-0.2, 0) is 32.7 Å². The molecule has 1 unspecified atom stereocenters. The van der Waals surface area contributed by atoms with Crippen molar-refractivity contribution in [3.8, 4) is 0 Å². The summed E-state index contributed by atoms with van der Waals surface area (Å²) in [5.41, 5.74) is 0. The lowest BCUT2D eigenvalue weighted by molar-refractivity contribution is -0.870. The minimum atomic E-state index is -4.35. The maximum absolute atomic E-state index is 12.5. The first-order valence-electron chi connectivity index (χ1n) is 18.8. The highest BCUT2D eigenvalue weighted by molar-refractivity contribution is 7.47. The minimum absolute atomic E-state index is 0.0362. The van der Waals surface area contributed by atoms with E-state index in [1.807, 2.05) is 21.1 Å². The lowest BCUT2D eigenvalue weighted by Gasteiger charge is -2.24. The molecule has 0 aliphatic heterocycles. The molecule has 274 valence electrons. The van der Waals surface area contributed by atoms with Gasteiger partial charge in [-0.25, -0.2) is 4.57 Å². The molecule has 0 amide bonds. The van der Waals surface area contributed by atoms with Crippen LogP contribution < -0.4 is 0 Å². The summed E-state index contributed by atoms with van der Waals surface area (Å²) >= 11 is 0. The van der Waals surface area contributed by atoms with Gasteiger partial charge in [0.2, 0.25) is 0 Å². The fourth-order valence-electron chi connectivity index (χ4n) is 5.13. The number of unbranched alkanes of at least 4 members (excludes halogenated alkanes) is 20. The van der Waals surface area contributed by atoms with Crippen LogP contribution in [0.25, 0.3) is 0 Å². The Labute approximate surface area is 283 Å². The van der Waals surface area contributed by atoms with Gasteiger partial charge in [0.15, 0.2) is 6.10 Å². The van der Waals surface area contributed by atoms with Crippen LogP contribution in [0.4, 0.5) is 0 Å². The van der Waals surface area contributed by atoms with Crippen molar-refractivity contribution in [3.05, 3.63) is 0 Å². The zero-order valence-electron chi connectivity index (χ0n) is 30.6. The van der Waals surface area contributed by atoms with E-state index in [0.717, 1.165) is 32.1 Å². The third-order valence-electron chi connectivity index (χ3n) is 8.14. The number of phosphoric acid groups is 1. The van der Waals surface area contributed by atoms with Gasteiger partial charge in [0, 0.05) is 12.8 Å². The Morgan fingerprint density at radius 1 is 0.587 bits per heavy atom. The Morgan fingerprint density at radius 3 is 1.39 bits per heavy atom. The second kappa shape index (κ2) is 30.1. The molecule has 1 N–H and O–H groups in total. The van der Waals surface area contributed by atoms with Crippen LogP contribution in [-0.4, -0.2) is 74.9 Å². The number of carbonyl (C=O) groups excluding carboxylic acids is 2. The fraction of sp³-hybridized carbons (Fsp3) is 0.944. The predicted octanol–water partition coefficient (Wildman–Crippen LogP) is 9.68. The molecule has 9 nitrogen and oxygen atoms in total. The highest BCUT2D eigenvalue weighted by atomic mass is 31.2. The van der Waals surface area contributed by atoms with E-state index in [1.165, 1.54) is 103 Å². The lowest BCUT2D eigenvalue weighted by Crippen LogP contribution is -2.37. The fourth-order valence-corrected chi connectivity index (χ4v) is 5.87. The van der Waals surface area contributed by atoms with E-state index >= 15 is 0 Å². The summed E-state index contributed by atoms with van der Waals surface area (Å²) in [6.45, 7) is 4.40. The maximum Gasteiger partial charge on any atom is 0.472 e. The van der Waals surface area contributed by atoms with Crippen molar-refractivity contribution in [3.63, 3.8) is 0 Å². The second-order valence-electron chi connectivity index (χ2n) is 14.0. The van der Waals surface area contributed by atoms with Gasteiger partial charge in [-0.3, -0.25) is 18.6 Å². The van der Waals surface area contributed by atoms with Gasteiger partial charge in [-0.2, -0.15) is 0 Å². The van der Waals surface area contributed by atoms with Crippen LogP contribution in [0.5, 0.6) is 0 Å². The van der Waals surface area contributed by atoms with Crippen molar-refractivity contribution in [2.45, 2.75) is 174 Å². The van der Waals surface area contributed by atoms with Crippen molar-refractivity contribution < 1.29 is 42.1 Å². The van der Waals surface area contributed by atoms with Gasteiger partial charge in [0.25, 0.3) is 0 Å². The summed E-state index contributed by atoms with van der Waals surface area (Å²) in [6.07, 6.45) is 25.8. The molecule has 0 fully saturated rings. The summed E-state index contributed by atoms with van der Waals surface area (Å²) in [5, 5.41) is 0. The molecule has 2 atom stereocenters. The summed E-state index contributed by atoms with van der Waals surface area (Å²) in [4.78, 5) is 35.0. The van der Waals surface area contributed by atoms with E-state index in [2.05, 4.69) is 13.8 Å². The van der Waals surface area contributed by atoms with E-state index in [9.17, 15) is 19.0 Å². The van der Waals surface area contributed by atoms with Gasteiger partial charge in [-0.15, -0.1) is 0 Å². The molecule has 0 saturated carbocycles. The van der Waals surface area contributed by atoms with Crippen molar-refractivity contribution in [2.75, 3.05) is 47.5 Å². The summed E-state index contributed by atoms with van der Waals surface area (Å²) in [7, 11) is 1.49. The number of hydrogen-bond acceptors (Lipinski definition) is 7. The quantitative estimate of drug-likeness (QED) is 0.0310. The van der Waals surface area contributed by atoms with Crippen LogP contribution in [0, 0.1) is 0 Å². The standard InChI is InChI=1S/C36H72NO8P/c1-6-8-10-12-14-16-17-18-19-21-22-24-26-28-35(38)42-32-34(33-44-46(40,41)43-31-30-37(3,4)5)45-36(39)29-27-25-23-20-15-13-11-9-7-2/h34H,6-33H2,1-5H3/p+1/t34-/m1/s1. The monoisotopic (exact) mass is 679 g/mol. The molecule has 0 aliphatic carbocycles. The van der Waals surface area contributed by atoms with Crippen LogP contribution >= 0.6 is 7.82 Å². The molecule has 46 heavy (non-hydrogen) atoms. The number of rotatable bonds is 34. The van der Waals surface area contributed by atoms with Gasteiger partial charge in [0.05, 0.1) is 27.7 Å². The number of ether oxygens (including phenoxy) is 2. The minimum Gasteiger partial charge on any atom is -0.462 e. The van der Waals surface area contributed by atoms with Crippen molar-refractivity contribution >= 4 is 19.8 Å². The van der Waals surface area contributed by atoms with Crippen molar-refractivity contribution in [2.24, 2.45) is 0 Å². The number of quaternary nitrogens is 1. The topological polar surface area (TPSA) is 108 Å². The van der Waals surface area contributed by atoms with Gasteiger partial charge < -0.3 is 18.9 Å². The van der Waals surface area contributed by atoms with E-state index in [1.54, 1.807) is 0 Å². The normalized spacial score (nSPS) is 13.8. The smallest absolute Gasteiger partial charge is 0.462 e. The molecule has 0 aromatic rings. The number of likely N-dealkylation sites (N-methyl/N-ethyl adjacent to an activating group) is 1. The van der Waals surface area contributed by atoms with Crippen LogP contribution in [0.2, 0.25) is 0 Å². The Hall–Kier alpha value is -0.990. The predicted molar refractivity (Wildman–Crippen MR) is 188 cm³/mol. The molecular formula is C36H73NO8P+. The van der Waals surface area contributed by atoms with Crippen molar-refractivity contribution in [1.82, 2.24) is 0 Å². The van der Waals surface area contributed by atoms with Gasteiger partial charge in [-0.05, 0) is 12.8 Å². The molecule has 10 heteroatoms. The Morgan fingerprint density at radius 2 is 0.978 bits per heavy atom. The van der Waals surface area contributed by atoms with Crippen LogP contribution in [0.3, 0.4) is 0 Å². The molecule has 0 aromatic carbocycles. The van der Waals surface area contributed by atoms with Gasteiger partial charge >= 0.3 is 19.8 Å². The molecule has 0 bridgehead atoms. The van der Waals surface area contributed by atoms with E-state index in [-0.39, 0.29) is 25.6 Å². The highest BCUT2D eigenvalue weighted by Crippen LogP contribution is 2.43. The second-order valence-corrected chi connectivity index (χ2v) is 15.4. The first kappa shape index (κ1) is 45.0. The number of carbonyl (C=O) groups is 2. The molecule has 0 saturated heterocycles. The zero-order chi connectivity index (χ0) is 34.4. The molecule has 0 aromatic heterocycles. The maximum atomic E-state index is 12.5. The van der Waals surface area contributed by atoms with Crippen molar-refractivity contribution in [1.29, 1.82) is 0 Å². The zero-order valence-corrected chi connectivity index (χ0v) is 31.5. The summed E-state index contributed by atoms with van der Waals surface area (Å²) < 4.78 is 34.1. The number of hydrogen-bond donors (Lipinski definition) is 1. The molecular weight excluding hydrogens is 605 g/mol. The van der Waals surface area contributed by atoms with Crippen LogP contribution in [0.15, 0.2) is 0 Å². The first-order valence-corrected chi connectivity index (χ1v) is 20.3. The number of nitrogens with zero attached hydrogens (tertiary/aromatic N) is 1. The van der Waals surface area contributed by atoms with E-state index < -0.39 is 26.5 Å². The Bertz CT molecular complexity index is 774. The third kappa shape index (κ3) is 32.9. The van der Waals surface area contributed by atoms with E-state index in [0.29, 0.717) is 23.9 Å². The largest absolute Gasteiger partial charge is 0.472 e. The van der Waals surface area contributed by atoms with Crippen LogP contribution in [0.1, 0.15) is 168 Å². The lowest BCUT2D eigenvalue weighted by atomic mass is 10.0. The number of esters is 2. The summed E-state index contributed by atoms with van der Waals surface area (Å²) in [6, 6.07) is 0.